The fraction of sp³-hybridized carbons (Fsp3) is 0.500. The molecule has 0 aliphatic carbocycles. The standard InChI is InChI=1S/C20H26N4O3/c25-20(22-17-4-5-18-19(11-17)27-10-2-9-26-18)14-23-7-1-3-16(12-23)13-24-8-6-21-15-24/h4-6,8,11,15-16H,1-3,7,9-10,12-14H2,(H,22,25)/t16-/m1/s1. The smallest absolute Gasteiger partial charge is 0.238 e. The summed E-state index contributed by atoms with van der Waals surface area (Å²) in [6.07, 6.45) is 8.84. The largest absolute Gasteiger partial charge is 0.490 e. The number of rotatable bonds is 5. The average Bonchev–Trinajstić information content (AvgIpc) is 3.05. The maximum atomic E-state index is 12.5. The van der Waals surface area contributed by atoms with Crippen LogP contribution in [0.4, 0.5) is 5.69 Å². The Morgan fingerprint density at radius 3 is 2.96 bits per heavy atom. The van der Waals surface area contributed by atoms with Gasteiger partial charge in [0.05, 0.1) is 26.1 Å². The third-order valence-corrected chi connectivity index (χ3v) is 5.03. The summed E-state index contributed by atoms with van der Waals surface area (Å²) in [5.74, 6) is 2.00. The zero-order chi connectivity index (χ0) is 18.5. The minimum Gasteiger partial charge on any atom is -0.490 e. The van der Waals surface area contributed by atoms with Crippen LogP contribution in [0.25, 0.3) is 0 Å². The normalized spacial score (nSPS) is 20.1. The minimum atomic E-state index is 0.00720. The quantitative estimate of drug-likeness (QED) is 0.875. The lowest BCUT2D eigenvalue weighted by molar-refractivity contribution is -0.117. The summed E-state index contributed by atoms with van der Waals surface area (Å²) in [5.41, 5.74) is 0.747. The highest BCUT2D eigenvalue weighted by Crippen LogP contribution is 2.32. The number of nitrogens with zero attached hydrogens (tertiary/aromatic N) is 3. The van der Waals surface area contributed by atoms with E-state index in [-0.39, 0.29) is 5.91 Å². The molecule has 1 N–H and O–H groups in total. The van der Waals surface area contributed by atoms with Crippen molar-refractivity contribution in [1.29, 1.82) is 0 Å². The van der Waals surface area contributed by atoms with Gasteiger partial charge in [-0.3, -0.25) is 9.69 Å². The van der Waals surface area contributed by atoms with Crippen molar-refractivity contribution in [2.24, 2.45) is 5.92 Å². The topological polar surface area (TPSA) is 68.6 Å². The number of benzene rings is 1. The molecule has 7 heteroatoms. The van der Waals surface area contributed by atoms with E-state index in [1.165, 1.54) is 6.42 Å². The van der Waals surface area contributed by atoms with Crippen molar-refractivity contribution in [3.8, 4) is 11.5 Å². The number of fused-ring (bicyclic) bond motifs is 1. The Morgan fingerprint density at radius 1 is 1.22 bits per heavy atom. The zero-order valence-electron chi connectivity index (χ0n) is 15.5. The van der Waals surface area contributed by atoms with Crippen LogP contribution in [0.3, 0.4) is 0 Å². The molecule has 7 nitrogen and oxygen atoms in total. The molecule has 4 rings (SSSR count). The number of carbonyl (C=O) groups excluding carboxylic acids is 1. The van der Waals surface area contributed by atoms with Crippen LogP contribution < -0.4 is 14.8 Å². The molecule has 1 aromatic heterocycles. The van der Waals surface area contributed by atoms with E-state index in [0.29, 0.717) is 31.4 Å². The third kappa shape index (κ3) is 4.80. The van der Waals surface area contributed by atoms with Crippen molar-refractivity contribution in [2.75, 3.05) is 38.2 Å². The summed E-state index contributed by atoms with van der Waals surface area (Å²) in [7, 11) is 0. The molecule has 2 aliphatic rings. The molecule has 2 aliphatic heterocycles. The zero-order valence-corrected chi connectivity index (χ0v) is 15.5. The van der Waals surface area contributed by atoms with Gasteiger partial charge in [-0.2, -0.15) is 0 Å². The second-order valence-corrected chi connectivity index (χ2v) is 7.26. The monoisotopic (exact) mass is 370 g/mol. The van der Waals surface area contributed by atoms with E-state index in [4.69, 9.17) is 9.47 Å². The first kappa shape index (κ1) is 17.9. The summed E-state index contributed by atoms with van der Waals surface area (Å²) in [5, 5.41) is 2.99. The number of aromatic nitrogens is 2. The van der Waals surface area contributed by atoms with Gasteiger partial charge in [-0.25, -0.2) is 4.98 Å². The highest BCUT2D eigenvalue weighted by molar-refractivity contribution is 5.92. The van der Waals surface area contributed by atoms with Gasteiger partial charge in [-0.1, -0.05) is 0 Å². The van der Waals surface area contributed by atoms with Crippen molar-refractivity contribution in [2.45, 2.75) is 25.8 Å². The first-order valence-corrected chi connectivity index (χ1v) is 9.64. The predicted molar refractivity (Wildman–Crippen MR) is 102 cm³/mol. The van der Waals surface area contributed by atoms with Gasteiger partial charge in [-0.15, -0.1) is 0 Å². The molecule has 3 heterocycles. The van der Waals surface area contributed by atoms with E-state index < -0.39 is 0 Å². The molecule has 144 valence electrons. The Balaban J connectivity index is 1.30. The van der Waals surface area contributed by atoms with Crippen LogP contribution >= 0.6 is 0 Å². The number of carbonyl (C=O) groups is 1. The molecular formula is C20H26N4O3. The van der Waals surface area contributed by atoms with E-state index in [1.807, 2.05) is 36.9 Å². The number of nitrogens with one attached hydrogen (secondary N) is 1. The highest BCUT2D eigenvalue weighted by atomic mass is 16.5. The molecule has 0 bridgehead atoms. The summed E-state index contributed by atoms with van der Waals surface area (Å²) in [6, 6.07) is 5.57. The van der Waals surface area contributed by atoms with Gasteiger partial charge >= 0.3 is 0 Å². The van der Waals surface area contributed by atoms with E-state index >= 15 is 0 Å². The predicted octanol–water partition coefficient (Wildman–Crippen LogP) is 2.40. The van der Waals surface area contributed by atoms with E-state index in [2.05, 4.69) is 19.8 Å². The van der Waals surface area contributed by atoms with Crippen LogP contribution in [-0.2, 0) is 11.3 Å². The molecule has 27 heavy (non-hydrogen) atoms. The molecule has 0 spiro atoms. The molecule has 0 saturated carbocycles. The second-order valence-electron chi connectivity index (χ2n) is 7.26. The van der Waals surface area contributed by atoms with Gasteiger partial charge in [0.2, 0.25) is 5.91 Å². The molecule has 1 fully saturated rings. The number of ether oxygens (including phenoxy) is 2. The van der Waals surface area contributed by atoms with Crippen LogP contribution in [0.15, 0.2) is 36.9 Å². The number of likely N-dealkylation sites (tertiary alicyclic amines) is 1. The van der Waals surface area contributed by atoms with E-state index in [1.54, 1.807) is 0 Å². The van der Waals surface area contributed by atoms with Gasteiger partial charge in [0.25, 0.3) is 0 Å². The molecule has 1 aromatic carbocycles. The van der Waals surface area contributed by atoms with Crippen molar-refractivity contribution >= 4 is 11.6 Å². The van der Waals surface area contributed by atoms with E-state index in [0.717, 1.165) is 43.9 Å². The highest BCUT2D eigenvalue weighted by Gasteiger charge is 2.22. The fourth-order valence-corrected chi connectivity index (χ4v) is 3.78. The second kappa shape index (κ2) is 8.43. The van der Waals surface area contributed by atoms with Crippen LogP contribution in [0.2, 0.25) is 0 Å². The van der Waals surface area contributed by atoms with E-state index in [9.17, 15) is 4.79 Å². The number of anilines is 1. The van der Waals surface area contributed by atoms with Crippen molar-refractivity contribution in [1.82, 2.24) is 14.5 Å². The number of amides is 1. The van der Waals surface area contributed by atoms with Crippen LogP contribution in [0.1, 0.15) is 19.3 Å². The lowest BCUT2D eigenvalue weighted by Crippen LogP contribution is -2.41. The Morgan fingerprint density at radius 2 is 2.11 bits per heavy atom. The molecular weight excluding hydrogens is 344 g/mol. The average molecular weight is 370 g/mol. The van der Waals surface area contributed by atoms with Crippen LogP contribution in [0.5, 0.6) is 11.5 Å². The van der Waals surface area contributed by atoms with Gasteiger partial charge in [0.1, 0.15) is 0 Å². The maximum Gasteiger partial charge on any atom is 0.238 e. The van der Waals surface area contributed by atoms with Gasteiger partial charge in [0.15, 0.2) is 11.5 Å². The fourth-order valence-electron chi connectivity index (χ4n) is 3.78. The minimum absolute atomic E-state index is 0.00720. The van der Waals surface area contributed by atoms with Crippen LogP contribution in [0, 0.1) is 5.92 Å². The summed E-state index contributed by atoms with van der Waals surface area (Å²) in [4.78, 5) is 18.8. The van der Waals surface area contributed by atoms with Crippen molar-refractivity contribution < 1.29 is 14.3 Å². The Hall–Kier alpha value is -2.54. The molecule has 2 aromatic rings. The Bertz CT molecular complexity index is 763. The summed E-state index contributed by atoms with van der Waals surface area (Å²) in [6.45, 7) is 4.57. The number of hydrogen-bond donors (Lipinski definition) is 1. The van der Waals surface area contributed by atoms with Gasteiger partial charge in [-0.05, 0) is 37.4 Å². The van der Waals surface area contributed by atoms with Crippen molar-refractivity contribution in [3.63, 3.8) is 0 Å². The SMILES string of the molecule is O=C(CN1CCC[C@@H](Cn2ccnc2)C1)Nc1ccc2c(c1)OCCCO2. The lowest BCUT2D eigenvalue weighted by atomic mass is 9.98. The first-order chi connectivity index (χ1) is 13.3. The molecule has 0 radical (unpaired) electrons. The van der Waals surface area contributed by atoms with Gasteiger partial charge in [0, 0.05) is 43.7 Å². The van der Waals surface area contributed by atoms with Crippen LogP contribution in [-0.4, -0.2) is 53.2 Å². The molecule has 1 saturated heterocycles. The van der Waals surface area contributed by atoms with Gasteiger partial charge < -0.3 is 19.4 Å². The first-order valence-electron chi connectivity index (χ1n) is 9.64. The number of imidazole rings is 1. The summed E-state index contributed by atoms with van der Waals surface area (Å²) >= 11 is 0. The maximum absolute atomic E-state index is 12.5. The third-order valence-electron chi connectivity index (χ3n) is 5.03. The lowest BCUT2D eigenvalue weighted by Gasteiger charge is -2.32. The Kier molecular flexibility index (Phi) is 5.58. The molecule has 1 amide bonds. The number of piperidine rings is 1. The molecule has 0 unspecified atom stereocenters. The Labute approximate surface area is 159 Å². The summed E-state index contributed by atoms with van der Waals surface area (Å²) < 4.78 is 13.4. The molecule has 1 atom stereocenters. The van der Waals surface area contributed by atoms with Crippen molar-refractivity contribution in [3.05, 3.63) is 36.9 Å². The number of hydrogen-bond acceptors (Lipinski definition) is 5.